The molecule has 15 nitrogen and oxygen atoms in total. The van der Waals surface area contributed by atoms with Crippen LogP contribution >= 0.6 is 11.6 Å². The van der Waals surface area contributed by atoms with Crippen molar-refractivity contribution in [2.75, 3.05) is 18.0 Å². The zero-order chi connectivity index (χ0) is 42.9. The van der Waals surface area contributed by atoms with Gasteiger partial charge in [-0.05, 0) is 98.1 Å². The number of rotatable bonds is 11. The number of primary amides is 2. The summed E-state index contributed by atoms with van der Waals surface area (Å²) in [6, 6.07) is 21.0. The van der Waals surface area contributed by atoms with E-state index in [4.69, 9.17) is 23.1 Å². The number of imide groups is 2. The Labute approximate surface area is 352 Å². The lowest BCUT2D eigenvalue weighted by molar-refractivity contribution is -0.144. The van der Waals surface area contributed by atoms with Gasteiger partial charge < -0.3 is 26.6 Å². The van der Waals surface area contributed by atoms with Crippen molar-refractivity contribution in [2.45, 2.75) is 111 Å². The zero-order valence-corrected chi connectivity index (χ0v) is 34.3. The summed E-state index contributed by atoms with van der Waals surface area (Å²) in [7, 11) is 0. The molecule has 0 aromatic heterocycles. The van der Waals surface area contributed by atoms with Crippen LogP contribution in [0.2, 0.25) is 5.02 Å². The standard InChI is InChI=1S/C44H50ClN7O8/c1-41(23-35(46)53)25-7-11-27(12-8-25)43(41,37(55)48-39(57)58)50-21-3-5-31(50)33-19-20-34(52(33)30-17-15-29(45)16-18-30)32-6-4-22-51(32)44(38(56)49-40(59)60)28-13-9-26(10-14-28)42(44,2)24-36(47)54/h7-18,31-34H,3-6,19-24H2,1-2H3,(H2,46,53)(H2,47,54)(H,48,55)(H,49,56)(H,57,58)(H,59,60)/t31?,32?,33-,34-,41?,42?,43-,44-/m1/s1. The van der Waals surface area contributed by atoms with Crippen molar-refractivity contribution in [3.63, 3.8) is 0 Å². The molecule has 0 saturated carbocycles. The first-order valence-electron chi connectivity index (χ1n) is 20.5. The second-order valence-electron chi connectivity index (χ2n) is 17.4. The molecule has 3 aromatic carbocycles. The molecule has 3 heterocycles. The molecule has 4 aliphatic carbocycles. The number of hydrogen-bond donors (Lipinski definition) is 6. The summed E-state index contributed by atoms with van der Waals surface area (Å²) in [6.07, 6.45) is 0.481. The SMILES string of the molecule is CC1(CC(N)=O)c2ccc(cc2)[C@]1(C(=O)NC(=O)O)N1CCCC1[C@H]1CC[C@H](C2CCCN2[C@@]2(C(=O)NC(=O)O)c3ccc(cc3)C2(C)CC(N)=O)N1c1ccc(Cl)cc1. The molecule has 8 atom stereocenters. The Kier molecular flexibility index (Phi) is 10.2. The van der Waals surface area contributed by atoms with Gasteiger partial charge in [-0.2, -0.15) is 0 Å². The minimum atomic E-state index is -1.62. The lowest BCUT2D eigenvalue weighted by atomic mass is 9.56. The van der Waals surface area contributed by atoms with Gasteiger partial charge in [-0.3, -0.25) is 39.6 Å². The number of nitrogens with one attached hydrogen (secondary N) is 2. The van der Waals surface area contributed by atoms with Crippen LogP contribution in [0.5, 0.6) is 0 Å². The van der Waals surface area contributed by atoms with Crippen LogP contribution in [0.25, 0.3) is 0 Å². The monoisotopic (exact) mass is 839 g/mol. The fraction of sp³-hybridized carbons (Fsp3) is 0.455. The molecular weight excluding hydrogens is 790 g/mol. The summed E-state index contributed by atoms with van der Waals surface area (Å²) < 4.78 is 0. The van der Waals surface area contributed by atoms with Crippen LogP contribution < -0.4 is 27.0 Å². The summed E-state index contributed by atoms with van der Waals surface area (Å²) in [4.78, 5) is 86.4. The Bertz CT molecular complexity index is 2120. The molecule has 0 radical (unpaired) electrons. The molecule has 3 aliphatic heterocycles. The number of fused-ring (bicyclic) bond motifs is 6. The molecule has 7 aliphatic rings. The molecule has 4 bridgehead atoms. The third-order valence-corrected chi connectivity index (χ3v) is 14.8. The van der Waals surface area contributed by atoms with Crippen LogP contribution in [0, 0.1) is 0 Å². The van der Waals surface area contributed by atoms with Gasteiger partial charge in [0, 0.05) is 58.5 Å². The van der Waals surface area contributed by atoms with Crippen LogP contribution in [0.4, 0.5) is 15.3 Å². The summed E-state index contributed by atoms with van der Waals surface area (Å²) in [5.74, 6) is -2.78. The lowest BCUT2D eigenvalue weighted by Crippen LogP contribution is -2.72. The number of carbonyl (C=O) groups excluding carboxylic acids is 4. The fourth-order valence-corrected chi connectivity index (χ4v) is 12.7. The Balaban J connectivity index is 1.27. The first kappa shape index (κ1) is 41.2. The smallest absolute Gasteiger partial charge is 0.411 e. The van der Waals surface area contributed by atoms with Crippen LogP contribution in [0.15, 0.2) is 72.8 Å². The predicted octanol–water partition coefficient (Wildman–Crippen LogP) is 4.28. The molecule has 316 valence electrons. The van der Waals surface area contributed by atoms with E-state index in [1.807, 2.05) is 86.6 Å². The van der Waals surface area contributed by atoms with Crippen LogP contribution in [-0.4, -0.2) is 93.1 Å². The van der Waals surface area contributed by atoms with E-state index in [-0.39, 0.29) is 37.0 Å². The highest BCUT2D eigenvalue weighted by Crippen LogP contribution is 2.58. The van der Waals surface area contributed by atoms with E-state index in [1.54, 1.807) is 0 Å². The number of amides is 6. The molecular formula is C44H50ClN7O8. The molecule has 3 fully saturated rings. The Hall–Kier alpha value is -5.51. The van der Waals surface area contributed by atoms with Gasteiger partial charge in [0.2, 0.25) is 11.8 Å². The van der Waals surface area contributed by atoms with Crippen molar-refractivity contribution in [3.05, 3.63) is 100 Å². The Morgan fingerprint density at radius 3 is 1.32 bits per heavy atom. The van der Waals surface area contributed by atoms with E-state index >= 15 is 0 Å². The van der Waals surface area contributed by atoms with Crippen molar-refractivity contribution < 1.29 is 39.0 Å². The average molecular weight is 840 g/mol. The highest BCUT2D eigenvalue weighted by Gasteiger charge is 2.67. The maximum absolute atomic E-state index is 14.8. The number of carbonyl (C=O) groups is 6. The van der Waals surface area contributed by atoms with Crippen molar-refractivity contribution in [2.24, 2.45) is 11.5 Å². The number of halogens is 1. The normalized spacial score (nSPS) is 31.9. The maximum Gasteiger partial charge on any atom is 0.411 e. The number of anilines is 1. The van der Waals surface area contributed by atoms with Gasteiger partial charge in [0.15, 0.2) is 0 Å². The summed E-state index contributed by atoms with van der Waals surface area (Å²) in [6.45, 7) is 4.47. The predicted molar refractivity (Wildman–Crippen MR) is 221 cm³/mol. The van der Waals surface area contributed by atoms with Crippen LogP contribution in [0.3, 0.4) is 0 Å². The number of nitrogens with zero attached hydrogens (tertiary/aromatic N) is 3. The van der Waals surface area contributed by atoms with Crippen LogP contribution in [0.1, 0.15) is 87.5 Å². The molecule has 6 amide bonds. The van der Waals surface area contributed by atoms with E-state index in [1.165, 1.54) is 0 Å². The lowest BCUT2D eigenvalue weighted by Gasteiger charge is -2.58. The third-order valence-electron chi connectivity index (χ3n) is 14.6. The van der Waals surface area contributed by atoms with Crippen molar-refractivity contribution >= 4 is 53.1 Å². The molecule has 16 heteroatoms. The topological polar surface area (TPSA) is 229 Å². The quantitative estimate of drug-likeness (QED) is 0.160. The molecule has 4 unspecified atom stereocenters. The van der Waals surface area contributed by atoms with Crippen molar-refractivity contribution in [1.82, 2.24) is 20.4 Å². The highest BCUT2D eigenvalue weighted by atomic mass is 35.5. The van der Waals surface area contributed by atoms with Crippen molar-refractivity contribution in [1.29, 1.82) is 0 Å². The average Bonchev–Trinajstić information content (AvgIpc) is 3.95. The van der Waals surface area contributed by atoms with E-state index in [2.05, 4.69) is 25.3 Å². The van der Waals surface area contributed by atoms with Gasteiger partial charge in [-0.15, -0.1) is 0 Å². The number of nitrogens with two attached hydrogens (primary N) is 2. The van der Waals surface area contributed by atoms with E-state index in [0.717, 1.165) is 5.69 Å². The number of likely N-dealkylation sites (tertiary alicyclic amines) is 2. The van der Waals surface area contributed by atoms with E-state index < -0.39 is 57.7 Å². The number of hydrogen-bond acceptors (Lipinski definition) is 9. The third kappa shape index (κ3) is 5.91. The fourth-order valence-electron chi connectivity index (χ4n) is 12.6. The molecule has 0 spiro atoms. The maximum atomic E-state index is 14.8. The molecule has 3 saturated heterocycles. The first-order valence-corrected chi connectivity index (χ1v) is 20.8. The van der Waals surface area contributed by atoms with Gasteiger partial charge in [-0.1, -0.05) is 74.0 Å². The molecule has 10 rings (SSSR count). The van der Waals surface area contributed by atoms with Gasteiger partial charge >= 0.3 is 12.2 Å². The van der Waals surface area contributed by atoms with Gasteiger partial charge in [0.25, 0.3) is 11.8 Å². The molecule has 60 heavy (non-hydrogen) atoms. The molecule has 8 N–H and O–H groups in total. The van der Waals surface area contributed by atoms with Crippen molar-refractivity contribution in [3.8, 4) is 0 Å². The summed E-state index contributed by atoms with van der Waals surface area (Å²) in [5.41, 5.74) is 9.49. The Morgan fingerprint density at radius 2 is 0.967 bits per heavy atom. The second-order valence-corrected chi connectivity index (χ2v) is 17.9. The second kappa shape index (κ2) is 14.9. The number of carboxylic acid groups (broad SMARTS) is 2. The zero-order valence-electron chi connectivity index (χ0n) is 33.5. The minimum absolute atomic E-state index is 0.215. The van der Waals surface area contributed by atoms with E-state index in [9.17, 15) is 39.0 Å². The summed E-state index contributed by atoms with van der Waals surface area (Å²) in [5, 5.41) is 24.9. The number of benzene rings is 3. The minimum Gasteiger partial charge on any atom is -0.465 e. The van der Waals surface area contributed by atoms with Gasteiger partial charge in [-0.25, -0.2) is 9.59 Å². The first-order chi connectivity index (χ1) is 28.5. The van der Waals surface area contributed by atoms with E-state index in [0.29, 0.717) is 78.9 Å². The molecule has 3 aromatic rings. The Morgan fingerprint density at radius 1 is 0.600 bits per heavy atom. The summed E-state index contributed by atoms with van der Waals surface area (Å²) >= 11 is 6.47. The van der Waals surface area contributed by atoms with Crippen LogP contribution in [-0.2, 0) is 41.1 Å². The van der Waals surface area contributed by atoms with Gasteiger partial charge in [0.05, 0.1) is 0 Å². The van der Waals surface area contributed by atoms with Gasteiger partial charge in [0.1, 0.15) is 11.1 Å². The largest absolute Gasteiger partial charge is 0.465 e. The highest BCUT2D eigenvalue weighted by molar-refractivity contribution is 6.30.